The third-order valence-electron chi connectivity index (χ3n) is 4.26. The highest BCUT2D eigenvalue weighted by atomic mass is 79.9. The van der Waals surface area contributed by atoms with Gasteiger partial charge in [-0.05, 0) is 43.1 Å². The van der Waals surface area contributed by atoms with Crippen LogP contribution < -0.4 is 4.74 Å². The topological polar surface area (TPSA) is 49.8 Å². The van der Waals surface area contributed by atoms with Crippen molar-refractivity contribution in [1.29, 1.82) is 0 Å². The maximum atomic E-state index is 11.6. The van der Waals surface area contributed by atoms with Crippen LogP contribution in [-0.2, 0) is 11.3 Å². The summed E-state index contributed by atoms with van der Waals surface area (Å²) in [5.74, 6) is 0.169. The van der Waals surface area contributed by atoms with Gasteiger partial charge in [0.1, 0.15) is 5.75 Å². The van der Waals surface area contributed by atoms with E-state index >= 15 is 0 Å². The lowest BCUT2D eigenvalue weighted by atomic mass is 9.83. The number of hydrogen-bond acceptors (Lipinski definition) is 3. The van der Waals surface area contributed by atoms with Gasteiger partial charge < -0.3 is 9.84 Å². The van der Waals surface area contributed by atoms with Gasteiger partial charge in [-0.2, -0.15) is 0 Å². The van der Waals surface area contributed by atoms with E-state index in [-0.39, 0.29) is 0 Å². The third-order valence-corrected chi connectivity index (χ3v) is 5.04. The Labute approximate surface area is 134 Å². The van der Waals surface area contributed by atoms with Crippen LogP contribution in [-0.4, -0.2) is 36.2 Å². The zero-order chi connectivity index (χ0) is 15.5. The van der Waals surface area contributed by atoms with Gasteiger partial charge in [-0.3, -0.25) is 9.69 Å². The van der Waals surface area contributed by atoms with E-state index in [0.29, 0.717) is 6.54 Å². The highest BCUT2D eigenvalue weighted by Gasteiger charge is 2.43. The van der Waals surface area contributed by atoms with Crippen molar-refractivity contribution in [2.45, 2.75) is 32.7 Å². The van der Waals surface area contributed by atoms with Crippen molar-refractivity contribution in [2.24, 2.45) is 5.41 Å². The van der Waals surface area contributed by atoms with Gasteiger partial charge in [-0.15, -0.1) is 0 Å². The second-order valence-corrected chi connectivity index (χ2v) is 6.61. The lowest BCUT2D eigenvalue weighted by molar-refractivity contribution is -0.148. The van der Waals surface area contributed by atoms with Gasteiger partial charge in [0.15, 0.2) is 0 Å². The first kappa shape index (κ1) is 16.3. The number of halogens is 1. The number of carbonyl (C=O) groups is 1. The monoisotopic (exact) mass is 355 g/mol. The van der Waals surface area contributed by atoms with Crippen molar-refractivity contribution < 1.29 is 14.6 Å². The summed E-state index contributed by atoms with van der Waals surface area (Å²) >= 11 is 3.56. The number of carboxylic acids is 1. The molecular formula is C16H22BrNO3. The standard InChI is InChI=1S/C16H22BrNO3/c1-3-6-16(15(19)20)7-8-18(11-16)10-12-9-13(21-2)4-5-14(12)17/h4-5,9H,3,6-8,10-11H2,1-2H3,(H,19,20). The summed E-state index contributed by atoms with van der Waals surface area (Å²) in [6.45, 7) is 4.25. The summed E-state index contributed by atoms with van der Waals surface area (Å²) in [6.07, 6.45) is 2.39. The smallest absolute Gasteiger partial charge is 0.310 e. The molecule has 1 heterocycles. The number of aliphatic carboxylic acids is 1. The first-order valence-corrected chi connectivity index (χ1v) is 8.08. The molecule has 5 heteroatoms. The Morgan fingerprint density at radius 1 is 1.52 bits per heavy atom. The molecule has 0 bridgehead atoms. The van der Waals surface area contributed by atoms with Gasteiger partial charge in [-0.25, -0.2) is 0 Å². The Morgan fingerprint density at radius 3 is 2.90 bits per heavy atom. The Bertz CT molecular complexity index is 520. The van der Waals surface area contributed by atoms with Crippen molar-refractivity contribution >= 4 is 21.9 Å². The number of ether oxygens (including phenoxy) is 1. The Hall–Kier alpha value is -1.07. The molecular weight excluding hydrogens is 334 g/mol. The maximum absolute atomic E-state index is 11.6. The highest BCUT2D eigenvalue weighted by molar-refractivity contribution is 9.10. The second kappa shape index (κ2) is 6.79. The van der Waals surface area contributed by atoms with Crippen molar-refractivity contribution in [3.05, 3.63) is 28.2 Å². The van der Waals surface area contributed by atoms with Crippen LogP contribution in [0.1, 0.15) is 31.7 Å². The van der Waals surface area contributed by atoms with Crippen LogP contribution >= 0.6 is 15.9 Å². The molecule has 0 aliphatic carbocycles. The molecule has 0 amide bonds. The molecule has 116 valence electrons. The Balaban J connectivity index is 2.10. The van der Waals surface area contributed by atoms with Gasteiger partial charge in [0.2, 0.25) is 0 Å². The second-order valence-electron chi connectivity index (χ2n) is 5.75. The molecule has 0 aromatic heterocycles. The van der Waals surface area contributed by atoms with Crippen LogP contribution in [0.2, 0.25) is 0 Å². The number of rotatable bonds is 6. The average Bonchev–Trinajstić information content (AvgIpc) is 2.86. The lowest BCUT2D eigenvalue weighted by Gasteiger charge is -2.24. The van der Waals surface area contributed by atoms with Crippen molar-refractivity contribution in [3.63, 3.8) is 0 Å². The van der Waals surface area contributed by atoms with E-state index in [1.165, 1.54) is 0 Å². The molecule has 1 unspecified atom stereocenters. The summed E-state index contributed by atoms with van der Waals surface area (Å²) in [4.78, 5) is 13.8. The quantitative estimate of drug-likeness (QED) is 0.847. The van der Waals surface area contributed by atoms with E-state index in [2.05, 4.69) is 20.8 Å². The van der Waals surface area contributed by atoms with Crippen LogP contribution in [0.25, 0.3) is 0 Å². The van der Waals surface area contributed by atoms with Crippen LogP contribution in [0.4, 0.5) is 0 Å². The van der Waals surface area contributed by atoms with E-state index < -0.39 is 11.4 Å². The first-order chi connectivity index (χ1) is 10.0. The van der Waals surface area contributed by atoms with Gasteiger partial charge in [0, 0.05) is 17.6 Å². The molecule has 21 heavy (non-hydrogen) atoms. The minimum absolute atomic E-state index is 0.569. The fourth-order valence-corrected chi connectivity index (χ4v) is 3.47. The molecule has 1 N–H and O–H groups in total. The van der Waals surface area contributed by atoms with E-state index in [1.54, 1.807) is 7.11 Å². The summed E-state index contributed by atoms with van der Waals surface area (Å²) in [5, 5.41) is 9.56. The molecule has 1 fully saturated rings. The number of carboxylic acid groups (broad SMARTS) is 1. The van der Waals surface area contributed by atoms with Gasteiger partial charge >= 0.3 is 5.97 Å². The van der Waals surface area contributed by atoms with Crippen LogP contribution in [0.3, 0.4) is 0 Å². The number of benzene rings is 1. The summed E-state index contributed by atoms with van der Waals surface area (Å²) < 4.78 is 6.29. The van der Waals surface area contributed by atoms with E-state index in [9.17, 15) is 9.90 Å². The minimum atomic E-state index is -0.656. The van der Waals surface area contributed by atoms with Gasteiger partial charge in [0.05, 0.1) is 12.5 Å². The van der Waals surface area contributed by atoms with Crippen molar-refractivity contribution in [2.75, 3.05) is 20.2 Å². The predicted octanol–water partition coefficient (Wildman–Crippen LogP) is 3.53. The van der Waals surface area contributed by atoms with Gasteiger partial charge in [-0.1, -0.05) is 29.3 Å². The third kappa shape index (κ3) is 3.58. The zero-order valence-electron chi connectivity index (χ0n) is 12.6. The summed E-state index contributed by atoms with van der Waals surface area (Å²) in [7, 11) is 1.65. The minimum Gasteiger partial charge on any atom is -0.497 e. The molecule has 1 aliphatic heterocycles. The number of hydrogen-bond donors (Lipinski definition) is 1. The number of nitrogens with zero attached hydrogens (tertiary/aromatic N) is 1. The molecule has 1 atom stereocenters. The molecule has 2 rings (SSSR count). The average molecular weight is 356 g/mol. The molecule has 1 aromatic carbocycles. The predicted molar refractivity (Wildman–Crippen MR) is 85.6 cm³/mol. The molecule has 0 spiro atoms. The Kier molecular flexibility index (Phi) is 5.27. The molecule has 1 saturated heterocycles. The van der Waals surface area contributed by atoms with E-state index in [0.717, 1.165) is 48.1 Å². The molecule has 1 aromatic rings. The summed E-state index contributed by atoms with van der Waals surface area (Å²) in [6, 6.07) is 5.89. The molecule has 1 aliphatic rings. The number of likely N-dealkylation sites (tertiary alicyclic amines) is 1. The van der Waals surface area contributed by atoms with Crippen LogP contribution in [0.5, 0.6) is 5.75 Å². The molecule has 0 saturated carbocycles. The zero-order valence-corrected chi connectivity index (χ0v) is 14.1. The molecule has 0 radical (unpaired) electrons. The fourth-order valence-electron chi connectivity index (χ4n) is 3.10. The lowest BCUT2D eigenvalue weighted by Crippen LogP contribution is -2.34. The normalized spacial score (nSPS) is 22.4. The van der Waals surface area contributed by atoms with Crippen molar-refractivity contribution in [3.8, 4) is 5.75 Å². The highest BCUT2D eigenvalue weighted by Crippen LogP contribution is 2.37. The van der Waals surface area contributed by atoms with Gasteiger partial charge in [0.25, 0.3) is 0 Å². The Morgan fingerprint density at radius 2 is 2.29 bits per heavy atom. The van der Waals surface area contributed by atoms with Crippen LogP contribution in [0, 0.1) is 5.41 Å². The number of methoxy groups -OCH3 is 1. The SMILES string of the molecule is CCCC1(C(=O)O)CCN(Cc2cc(OC)ccc2Br)C1. The van der Waals surface area contributed by atoms with Crippen molar-refractivity contribution in [1.82, 2.24) is 4.90 Å². The largest absolute Gasteiger partial charge is 0.497 e. The molecule has 4 nitrogen and oxygen atoms in total. The first-order valence-electron chi connectivity index (χ1n) is 7.29. The van der Waals surface area contributed by atoms with E-state index in [1.807, 2.05) is 25.1 Å². The maximum Gasteiger partial charge on any atom is 0.310 e. The fraction of sp³-hybridized carbons (Fsp3) is 0.562. The van der Waals surface area contributed by atoms with Crippen LogP contribution in [0.15, 0.2) is 22.7 Å². The summed E-state index contributed by atoms with van der Waals surface area (Å²) in [5.41, 5.74) is 0.562. The van der Waals surface area contributed by atoms with E-state index in [4.69, 9.17) is 4.74 Å².